The quantitative estimate of drug-likeness (QED) is 0.316. The second-order valence-corrected chi connectivity index (χ2v) is 7.07. The molecule has 0 radical (unpaired) electrons. The SMILES string of the molecule is Cc1cc(OCc2ccc(C(=O)Nc3ncn(Cc4ccccc4F)n3)o2)ccc1[N+](=O)[O-]. The molecule has 0 spiro atoms. The van der Waals surface area contributed by atoms with Crippen LogP contribution in [0.2, 0.25) is 0 Å². The third kappa shape index (κ3) is 5.21. The molecular formula is C22H18FN5O5. The highest BCUT2D eigenvalue weighted by atomic mass is 19.1. The van der Waals surface area contributed by atoms with Gasteiger partial charge in [-0.3, -0.25) is 20.2 Å². The number of hydrogen-bond donors (Lipinski definition) is 1. The summed E-state index contributed by atoms with van der Waals surface area (Å²) in [7, 11) is 0. The van der Waals surface area contributed by atoms with Crippen molar-refractivity contribution in [2.75, 3.05) is 5.32 Å². The molecule has 0 atom stereocenters. The van der Waals surface area contributed by atoms with Crippen LogP contribution in [-0.4, -0.2) is 25.6 Å². The standard InChI is InChI=1S/C22H18FN5O5/c1-14-10-16(6-8-19(14)28(30)31)32-12-17-7-9-20(33-17)21(29)25-22-24-13-27(26-22)11-15-4-2-3-5-18(15)23/h2-10,13H,11-12H2,1H3,(H,25,26,29). The number of nitrogens with zero attached hydrogens (tertiary/aromatic N) is 4. The highest BCUT2D eigenvalue weighted by Crippen LogP contribution is 2.24. The molecular weight excluding hydrogens is 433 g/mol. The monoisotopic (exact) mass is 451 g/mol. The molecule has 4 rings (SSSR count). The van der Waals surface area contributed by atoms with E-state index in [1.54, 1.807) is 37.3 Å². The number of amides is 1. The van der Waals surface area contributed by atoms with Gasteiger partial charge in [-0.2, -0.15) is 0 Å². The van der Waals surface area contributed by atoms with Gasteiger partial charge >= 0.3 is 0 Å². The van der Waals surface area contributed by atoms with Gasteiger partial charge in [-0.25, -0.2) is 14.1 Å². The van der Waals surface area contributed by atoms with Crippen LogP contribution in [0.4, 0.5) is 16.0 Å². The van der Waals surface area contributed by atoms with Crippen molar-refractivity contribution in [2.45, 2.75) is 20.1 Å². The molecule has 0 bridgehead atoms. The van der Waals surface area contributed by atoms with Crippen LogP contribution < -0.4 is 10.1 Å². The van der Waals surface area contributed by atoms with Crippen LogP contribution in [-0.2, 0) is 13.2 Å². The van der Waals surface area contributed by atoms with Crippen molar-refractivity contribution in [3.8, 4) is 5.75 Å². The lowest BCUT2D eigenvalue weighted by Gasteiger charge is -2.05. The zero-order chi connectivity index (χ0) is 23.4. The van der Waals surface area contributed by atoms with Crippen molar-refractivity contribution in [3.63, 3.8) is 0 Å². The fourth-order valence-corrected chi connectivity index (χ4v) is 3.05. The van der Waals surface area contributed by atoms with Crippen molar-refractivity contribution in [1.29, 1.82) is 0 Å². The lowest BCUT2D eigenvalue weighted by molar-refractivity contribution is -0.385. The Bertz CT molecular complexity index is 1320. The lowest BCUT2D eigenvalue weighted by atomic mass is 10.2. The third-order valence-corrected chi connectivity index (χ3v) is 4.68. The van der Waals surface area contributed by atoms with Gasteiger partial charge in [-0.05, 0) is 37.3 Å². The number of carbonyl (C=O) groups excluding carboxylic acids is 1. The molecule has 2 aromatic carbocycles. The molecule has 11 heteroatoms. The Morgan fingerprint density at radius 1 is 1.24 bits per heavy atom. The topological polar surface area (TPSA) is 125 Å². The van der Waals surface area contributed by atoms with Crippen molar-refractivity contribution in [1.82, 2.24) is 14.8 Å². The molecule has 10 nitrogen and oxygen atoms in total. The number of aryl methyl sites for hydroxylation is 1. The van der Waals surface area contributed by atoms with Crippen LogP contribution in [0.25, 0.3) is 0 Å². The van der Waals surface area contributed by atoms with E-state index < -0.39 is 10.8 Å². The van der Waals surface area contributed by atoms with Gasteiger partial charge in [0.25, 0.3) is 11.6 Å². The average molecular weight is 451 g/mol. The molecule has 1 amide bonds. The minimum absolute atomic E-state index is 0.00395. The molecule has 0 unspecified atom stereocenters. The maximum Gasteiger partial charge on any atom is 0.293 e. The van der Waals surface area contributed by atoms with Crippen LogP contribution in [0.15, 0.2) is 65.3 Å². The summed E-state index contributed by atoms with van der Waals surface area (Å²) in [5.74, 6) is -0.0194. The minimum Gasteiger partial charge on any atom is -0.486 e. The third-order valence-electron chi connectivity index (χ3n) is 4.68. The Morgan fingerprint density at radius 2 is 2.06 bits per heavy atom. The minimum atomic E-state index is -0.559. The van der Waals surface area contributed by atoms with Crippen LogP contribution in [0.1, 0.15) is 27.4 Å². The van der Waals surface area contributed by atoms with E-state index in [1.165, 1.54) is 35.3 Å². The average Bonchev–Trinajstić information content (AvgIpc) is 3.43. The Kier molecular flexibility index (Phi) is 6.11. The molecule has 33 heavy (non-hydrogen) atoms. The maximum absolute atomic E-state index is 13.8. The van der Waals surface area contributed by atoms with Gasteiger partial charge in [-0.1, -0.05) is 18.2 Å². The first-order valence-electron chi connectivity index (χ1n) is 9.80. The number of hydrogen-bond acceptors (Lipinski definition) is 7. The molecule has 0 saturated heterocycles. The van der Waals surface area contributed by atoms with E-state index in [2.05, 4.69) is 15.4 Å². The number of benzene rings is 2. The Morgan fingerprint density at radius 3 is 2.82 bits per heavy atom. The highest BCUT2D eigenvalue weighted by Gasteiger charge is 2.15. The lowest BCUT2D eigenvalue weighted by Crippen LogP contribution is -2.12. The summed E-state index contributed by atoms with van der Waals surface area (Å²) in [6.07, 6.45) is 1.38. The van der Waals surface area contributed by atoms with Crippen LogP contribution >= 0.6 is 0 Å². The van der Waals surface area contributed by atoms with Crippen molar-refractivity contribution in [3.05, 3.63) is 99.5 Å². The largest absolute Gasteiger partial charge is 0.486 e. The van der Waals surface area contributed by atoms with Crippen molar-refractivity contribution in [2.24, 2.45) is 0 Å². The summed E-state index contributed by atoms with van der Waals surface area (Å²) in [5.41, 5.74) is 0.919. The van der Waals surface area contributed by atoms with E-state index in [0.717, 1.165) is 0 Å². The number of carbonyl (C=O) groups is 1. The molecule has 168 valence electrons. The Labute approximate surface area is 186 Å². The smallest absolute Gasteiger partial charge is 0.293 e. The second-order valence-electron chi connectivity index (χ2n) is 7.07. The number of nitro groups is 1. The van der Waals surface area contributed by atoms with Crippen molar-refractivity contribution >= 4 is 17.5 Å². The number of ether oxygens (including phenoxy) is 1. The van der Waals surface area contributed by atoms with Crippen LogP contribution in [0, 0.1) is 22.9 Å². The molecule has 0 aliphatic heterocycles. The van der Waals surface area contributed by atoms with Crippen molar-refractivity contribution < 1.29 is 23.3 Å². The zero-order valence-electron chi connectivity index (χ0n) is 17.4. The maximum atomic E-state index is 13.8. The van der Waals surface area contributed by atoms with Crippen LogP contribution in [0.5, 0.6) is 5.75 Å². The number of halogens is 1. The fourth-order valence-electron chi connectivity index (χ4n) is 3.05. The Balaban J connectivity index is 1.34. The first-order chi connectivity index (χ1) is 15.9. The molecule has 0 aliphatic carbocycles. The summed E-state index contributed by atoms with van der Waals surface area (Å²) in [4.78, 5) is 26.8. The molecule has 2 aromatic heterocycles. The van der Waals surface area contributed by atoms with E-state index in [-0.39, 0.29) is 36.4 Å². The summed E-state index contributed by atoms with van der Waals surface area (Å²) in [5, 5.41) is 17.5. The molecule has 2 heterocycles. The molecule has 4 aromatic rings. The van der Waals surface area contributed by atoms with E-state index in [4.69, 9.17) is 9.15 Å². The van der Waals surface area contributed by atoms with E-state index >= 15 is 0 Å². The molecule has 0 fully saturated rings. The first kappa shape index (κ1) is 21.7. The van der Waals surface area contributed by atoms with Gasteiger partial charge in [0.15, 0.2) is 5.76 Å². The predicted octanol–water partition coefficient (Wildman–Crippen LogP) is 4.11. The number of aromatic nitrogens is 3. The van der Waals surface area contributed by atoms with E-state index in [1.807, 2.05) is 0 Å². The first-order valence-corrected chi connectivity index (χ1v) is 9.80. The number of rotatable bonds is 8. The fraction of sp³-hybridized carbons (Fsp3) is 0.136. The van der Waals surface area contributed by atoms with Gasteiger partial charge < -0.3 is 9.15 Å². The zero-order valence-corrected chi connectivity index (χ0v) is 17.4. The number of anilines is 1. The normalized spacial score (nSPS) is 10.7. The van der Waals surface area contributed by atoms with Crippen LogP contribution in [0.3, 0.4) is 0 Å². The summed E-state index contributed by atoms with van der Waals surface area (Å²) >= 11 is 0. The predicted molar refractivity (Wildman–Crippen MR) is 114 cm³/mol. The summed E-state index contributed by atoms with van der Waals surface area (Å²) < 4.78 is 26.3. The van der Waals surface area contributed by atoms with Gasteiger partial charge in [0.1, 0.15) is 30.3 Å². The molecule has 0 aliphatic rings. The number of nitrogens with one attached hydrogen (secondary N) is 1. The molecule has 0 saturated carbocycles. The number of nitro benzene ring substituents is 1. The number of furan rings is 1. The van der Waals surface area contributed by atoms with Gasteiger partial charge in [0.05, 0.1) is 11.5 Å². The second kappa shape index (κ2) is 9.30. The summed E-state index contributed by atoms with van der Waals surface area (Å²) in [6.45, 7) is 1.81. The highest BCUT2D eigenvalue weighted by molar-refractivity contribution is 6.01. The van der Waals surface area contributed by atoms with Gasteiger partial charge in [0.2, 0.25) is 5.95 Å². The Hall–Kier alpha value is -4.54. The van der Waals surface area contributed by atoms with Gasteiger partial charge in [-0.15, -0.1) is 5.10 Å². The molecule has 1 N–H and O–H groups in total. The van der Waals surface area contributed by atoms with E-state index in [0.29, 0.717) is 22.6 Å². The van der Waals surface area contributed by atoms with Gasteiger partial charge in [0, 0.05) is 17.2 Å². The summed E-state index contributed by atoms with van der Waals surface area (Å²) in [6, 6.07) is 13.8. The van der Waals surface area contributed by atoms with E-state index in [9.17, 15) is 19.3 Å².